The summed E-state index contributed by atoms with van der Waals surface area (Å²) in [6, 6.07) is 0. The number of alkyl halides is 1. The van der Waals surface area contributed by atoms with E-state index in [1.54, 1.807) is 0 Å². The van der Waals surface area contributed by atoms with Gasteiger partial charge in [-0.1, -0.05) is 20.8 Å². The van der Waals surface area contributed by atoms with Crippen LogP contribution < -0.4 is 0 Å². The Morgan fingerprint density at radius 1 is 1.00 bits per heavy atom. The third kappa shape index (κ3) is 3.87. The summed E-state index contributed by atoms with van der Waals surface area (Å²) in [6.07, 6.45) is 5.61. The number of rotatable bonds is 2. The number of halogens is 1. The second-order valence-corrected chi connectivity index (χ2v) is 10.3. The Morgan fingerprint density at radius 2 is 1.58 bits per heavy atom. The van der Waals surface area contributed by atoms with Gasteiger partial charge in [0.1, 0.15) is 0 Å². The molecule has 2 atom stereocenters. The van der Waals surface area contributed by atoms with Crippen LogP contribution in [0.15, 0.2) is 0 Å². The molecule has 112 valence electrons. The lowest BCUT2D eigenvalue weighted by Crippen LogP contribution is -2.32. The van der Waals surface area contributed by atoms with Crippen molar-refractivity contribution in [2.45, 2.75) is 58.3 Å². The van der Waals surface area contributed by atoms with Crippen molar-refractivity contribution >= 4 is 21.4 Å². The Morgan fingerprint density at radius 3 is 2.00 bits per heavy atom. The lowest BCUT2D eigenvalue weighted by molar-refractivity contribution is 0.142. The molecular formula is C15H27ClO2S. The van der Waals surface area contributed by atoms with E-state index in [4.69, 9.17) is 11.6 Å². The van der Waals surface area contributed by atoms with Crippen molar-refractivity contribution in [1.29, 1.82) is 0 Å². The highest BCUT2D eigenvalue weighted by atomic mass is 35.5. The van der Waals surface area contributed by atoms with Crippen LogP contribution in [-0.4, -0.2) is 25.3 Å². The van der Waals surface area contributed by atoms with Crippen LogP contribution in [0.3, 0.4) is 0 Å². The molecule has 2 aliphatic rings. The first-order valence-corrected chi connectivity index (χ1v) is 9.79. The quantitative estimate of drug-likeness (QED) is 0.726. The van der Waals surface area contributed by atoms with E-state index in [1.807, 2.05) is 0 Å². The molecule has 0 aromatic heterocycles. The Hall–Kier alpha value is 0.240. The number of hydrogen-bond acceptors (Lipinski definition) is 2. The topological polar surface area (TPSA) is 34.1 Å². The van der Waals surface area contributed by atoms with Gasteiger partial charge in [0, 0.05) is 5.38 Å². The molecule has 0 N–H and O–H groups in total. The van der Waals surface area contributed by atoms with Gasteiger partial charge in [-0.2, -0.15) is 0 Å². The minimum atomic E-state index is -2.80. The maximum atomic E-state index is 11.6. The largest absolute Gasteiger partial charge is 0.229 e. The summed E-state index contributed by atoms with van der Waals surface area (Å²) in [5.74, 6) is 2.18. The van der Waals surface area contributed by atoms with Gasteiger partial charge in [0.15, 0.2) is 9.84 Å². The van der Waals surface area contributed by atoms with Crippen LogP contribution in [0.25, 0.3) is 0 Å². The molecule has 19 heavy (non-hydrogen) atoms. The zero-order valence-corrected chi connectivity index (χ0v) is 13.9. The monoisotopic (exact) mass is 306 g/mol. The second kappa shape index (κ2) is 5.55. The summed E-state index contributed by atoms with van der Waals surface area (Å²) in [7, 11) is -2.80. The predicted octanol–water partition coefficient (Wildman–Crippen LogP) is 3.88. The van der Waals surface area contributed by atoms with E-state index in [9.17, 15) is 8.42 Å². The summed E-state index contributed by atoms with van der Waals surface area (Å²) in [5.41, 5.74) is 0.392. The van der Waals surface area contributed by atoms with Gasteiger partial charge < -0.3 is 0 Å². The lowest BCUT2D eigenvalue weighted by Gasteiger charge is -2.39. The number of sulfone groups is 1. The maximum Gasteiger partial charge on any atom is 0.150 e. The van der Waals surface area contributed by atoms with E-state index in [1.165, 1.54) is 25.7 Å². The van der Waals surface area contributed by atoms with E-state index in [0.29, 0.717) is 22.8 Å². The normalized spacial score (nSPS) is 37.2. The molecule has 0 spiro atoms. The second-order valence-electron chi connectivity index (χ2n) is 7.59. The summed E-state index contributed by atoms with van der Waals surface area (Å²) in [4.78, 5) is 0. The van der Waals surface area contributed by atoms with E-state index >= 15 is 0 Å². The Balaban J connectivity index is 1.88. The molecule has 1 heterocycles. The van der Waals surface area contributed by atoms with E-state index in [0.717, 1.165) is 12.3 Å². The Bertz CT molecular complexity index is 402. The van der Waals surface area contributed by atoms with E-state index in [2.05, 4.69) is 20.8 Å². The van der Waals surface area contributed by atoms with Crippen molar-refractivity contribution < 1.29 is 8.42 Å². The van der Waals surface area contributed by atoms with Crippen LogP contribution in [0.1, 0.15) is 52.9 Å². The van der Waals surface area contributed by atoms with Crippen LogP contribution in [0.4, 0.5) is 0 Å². The molecule has 2 unspecified atom stereocenters. The Labute approximate surface area is 123 Å². The smallest absolute Gasteiger partial charge is 0.150 e. The van der Waals surface area contributed by atoms with Crippen molar-refractivity contribution in [3.05, 3.63) is 0 Å². The highest BCUT2D eigenvalue weighted by Gasteiger charge is 2.39. The summed E-state index contributed by atoms with van der Waals surface area (Å²) >= 11 is 6.59. The summed E-state index contributed by atoms with van der Waals surface area (Å²) < 4.78 is 23.1. The number of hydrogen-bond donors (Lipinski definition) is 0. The molecule has 0 bridgehead atoms. The average molecular weight is 307 g/mol. The Kier molecular flexibility index (Phi) is 4.57. The molecule has 0 amide bonds. The molecular weight excluding hydrogens is 280 g/mol. The van der Waals surface area contributed by atoms with Crippen molar-refractivity contribution in [3.63, 3.8) is 0 Å². The molecule has 1 saturated carbocycles. The first kappa shape index (κ1) is 15.6. The molecule has 1 aliphatic heterocycles. The SMILES string of the molecule is CC(C)(C)C1CCC(C(Cl)C2CCS(=O)(=O)C2)CC1. The standard InChI is InChI=1S/C15H27ClO2S/c1-15(2,3)13-6-4-11(5-7-13)14(16)12-8-9-19(17,18)10-12/h11-14H,4-10H2,1-3H3. The maximum absolute atomic E-state index is 11.6. The van der Waals surface area contributed by atoms with Gasteiger partial charge in [-0.15, -0.1) is 11.6 Å². The molecule has 0 aromatic rings. The van der Waals surface area contributed by atoms with Crippen LogP contribution in [0.5, 0.6) is 0 Å². The minimum absolute atomic E-state index is 0.0678. The van der Waals surface area contributed by atoms with Crippen LogP contribution in [0, 0.1) is 23.2 Å². The van der Waals surface area contributed by atoms with Crippen LogP contribution in [-0.2, 0) is 9.84 Å². The van der Waals surface area contributed by atoms with Gasteiger partial charge >= 0.3 is 0 Å². The molecule has 4 heteroatoms. The minimum Gasteiger partial charge on any atom is -0.229 e. The first-order valence-electron chi connectivity index (χ1n) is 7.53. The third-order valence-electron chi connectivity index (χ3n) is 5.16. The first-order chi connectivity index (χ1) is 8.69. The van der Waals surface area contributed by atoms with Gasteiger partial charge in [0.25, 0.3) is 0 Å². The molecule has 1 saturated heterocycles. The molecule has 2 fully saturated rings. The zero-order chi connectivity index (χ0) is 14.3. The predicted molar refractivity (Wildman–Crippen MR) is 81.3 cm³/mol. The molecule has 2 rings (SSSR count). The van der Waals surface area contributed by atoms with Crippen LogP contribution >= 0.6 is 11.6 Å². The molecule has 0 aromatic carbocycles. The molecule has 0 radical (unpaired) electrons. The van der Waals surface area contributed by atoms with Crippen molar-refractivity contribution in [2.75, 3.05) is 11.5 Å². The highest BCUT2D eigenvalue weighted by Crippen LogP contribution is 2.43. The van der Waals surface area contributed by atoms with Gasteiger partial charge in [-0.3, -0.25) is 0 Å². The fraction of sp³-hybridized carbons (Fsp3) is 1.00. The van der Waals surface area contributed by atoms with E-state index < -0.39 is 9.84 Å². The average Bonchev–Trinajstić information content (AvgIpc) is 2.68. The summed E-state index contributed by atoms with van der Waals surface area (Å²) in [5, 5.41) is 0.0678. The van der Waals surface area contributed by atoms with Crippen molar-refractivity contribution in [2.24, 2.45) is 23.2 Å². The van der Waals surface area contributed by atoms with Gasteiger partial charge in [-0.05, 0) is 55.3 Å². The van der Waals surface area contributed by atoms with E-state index in [-0.39, 0.29) is 11.3 Å². The van der Waals surface area contributed by atoms with Gasteiger partial charge in [0.05, 0.1) is 11.5 Å². The fourth-order valence-electron chi connectivity index (χ4n) is 3.76. The third-order valence-corrected chi connectivity index (χ3v) is 7.67. The lowest BCUT2D eigenvalue weighted by atomic mass is 9.68. The van der Waals surface area contributed by atoms with Crippen molar-refractivity contribution in [1.82, 2.24) is 0 Å². The summed E-state index contributed by atoms with van der Waals surface area (Å²) in [6.45, 7) is 6.96. The highest BCUT2D eigenvalue weighted by molar-refractivity contribution is 7.91. The van der Waals surface area contributed by atoms with Crippen LogP contribution in [0.2, 0.25) is 0 Å². The molecule has 1 aliphatic carbocycles. The fourth-order valence-corrected chi connectivity index (χ4v) is 6.19. The zero-order valence-electron chi connectivity index (χ0n) is 12.4. The van der Waals surface area contributed by atoms with Gasteiger partial charge in [0.2, 0.25) is 0 Å². The van der Waals surface area contributed by atoms with Crippen molar-refractivity contribution in [3.8, 4) is 0 Å². The van der Waals surface area contributed by atoms with Gasteiger partial charge in [-0.25, -0.2) is 8.42 Å². The molecule has 2 nitrogen and oxygen atoms in total.